The van der Waals surface area contributed by atoms with Gasteiger partial charge in [-0.2, -0.15) is 0 Å². The van der Waals surface area contributed by atoms with Gasteiger partial charge in [0.2, 0.25) is 0 Å². The van der Waals surface area contributed by atoms with E-state index >= 15 is 0 Å². The van der Waals surface area contributed by atoms with Crippen LogP contribution in [0.2, 0.25) is 0 Å². The maximum Gasteiger partial charge on any atom is 0.257 e. The fraction of sp³-hybridized carbons (Fsp3) is 0.125. The van der Waals surface area contributed by atoms with Crippen molar-refractivity contribution >= 4 is 44.8 Å². The lowest BCUT2D eigenvalue weighted by Crippen LogP contribution is -2.52. The van der Waals surface area contributed by atoms with Gasteiger partial charge in [0.1, 0.15) is 0 Å². The highest BCUT2D eigenvalue weighted by Gasteiger charge is 2.30. The maximum absolute atomic E-state index is 12.6. The Morgan fingerprint density at radius 1 is 0.636 bits per heavy atom. The Morgan fingerprint density at radius 2 is 1.00 bits per heavy atom. The molecule has 4 nitrogen and oxygen atoms in total. The van der Waals surface area contributed by atoms with Crippen molar-refractivity contribution in [3.05, 3.63) is 60.7 Å². The number of amides is 2. The molecule has 0 aromatic heterocycles. The summed E-state index contributed by atoms with van der Waals surface area (Å²) in [5.41, 5.74) is 1.38. The highest BCUT2D eigenvalue weighted by atomic mass is 33.1. The van der Waals surface area contributed by atoms with Crippen LogP contribution >= 0.6 is 21.6 Å². The molecule has 0 bridgehead atoms. The number of carbonyl (C=O) groups is 2. The molecule has 1 aliphatic rings. The van der Waals surface area contributed by atoms with Gasteiger partial charge in [-0.15, -0.1) is 0 Å². The van der Waals surface area contributed by atoms with Gasteiger partial charge in [-0.05, 0) is 24.3 Å². The Labute approximate surface area is 136 Å². The van der Waals surface area contributed by atoms with Gasteiger partial charge in [-0.25, -0.2) is 10.0 Å². The summed E-state index contributed by atoms with van der Waals surface area (Å²) < 4.78 is 0. The van der Waals surface area contributed by atoms with Gasteiger partial charge in [0.25, 0.3) is 11.8 Å². The molecule has 1 saturated heterocycles. The first-order valence-electron chi connectivity index (χ1n) is 6.78. The first-order chi connectivity index (χ1) is 10.8. The molecular formula is C16H14N2O2S2. The van der Waals surface area contributed by atoms with E-state index in [1.54, 1.807) is 0 Å². The number of hydrazine groups is 1. The van der Waals surface area contributed by atoms with Crippen LogP contribution in [0.15, 0.2) is 60.7 Å². The van der Waals surface area contributed by atoms with Crippen LogP contribution in [0.3, 0.4) is 0 Å². The fourth-order valence-corrected chi connectivity index (χ4v) is 3.90. The second-order valence-corrected chi connectivity index (χ2v) is 7.07. The van der Waals surface area contributed by atoms with Crippen molar-refractivity contribution in [1.29, 1.82) is 0 Å². The van der Waals surface area contributed by atoms with Crippen LogP contribution in [0, 0.1) is 0 Å². The Kier molecular flexibility index (Phi) is 4.70. The molecule has 0 radical (unpaired) electrons. The van der Waals surface area contributed by atoms with Gasteiger partial charge < -0.3 is 0 Å². The van der Waals surface area contributed by atoms with Crippen LogP contribution in [0.25, 0.3) is 0 Å². The van der Waals surface area contributed by atoms with Crippen LogP contribution < -0.4 is 10.0 Å². The molecule has 6 heteroatoms. The third-order valence-corrected chi connectivity index (χ3v) is 5.23. The van der Waals surface area contributed by atoms with Crippen LogP contribution in [-0.2, 0) is 9.59 Å². The number of rotatable bonds is 2. The van der Waals surface area contributed by atoms with E-state index in [1.807, 2.05) is 60.7 Å². The third-order valence-electron chi connectivity index (χ3n) is 3.12. The quantitative estimate of drug-likeness (QED) is 0.792. The van der Waals surface area contributed by atoms with E-state index in [-0.39, 0.29) is 11.8 Å². The molecule has 2 aromatic rings. The second kappa shape index (κ2) is 6.89. The van der Waals surface area contributed by atoms with E-state index in [9.17, 15) is 9.59 Å². The zero-order valence-electron chi connectivity index (χ0n) is 11.7. The zero-order chi connectivity index (χ0) is 15.4. The molecule has 1 aliphatic heterocycles. The van der Waals surface area contributed by atoms with Gasteiger partial charge in [0.15, 0.2) is 0 Å². The lowest BCUT2D eigenvalue weighted by Gasteiger charge is -2.35. The predicted octanol–water partition coefficient (Wildman–Crippen LogP) is 3.36. The summed E-state index contributed by atoms with van der Waals surface area (Å²) in [4.78, 5) is 25.2. The van der Waals surface area contributed by atoms with Crippen molar-refractivity contribution in [2.75, 3.05) is 21.5 Å². The van der Waals surface area contributed by atoms with Crippen molar-refractivity contribution < 1.29 is 9.59 Å². The summed E-state index contributed by atoms with van der Waals surface area (Å²) >= 11 is 0. The molecule has 3 rings (SSSR count). The minimum Gasteiger partial charge on any atom is -0.272 e. The van der Waals surface area contributed by atoms with Gasteiger partial charge in [-0.3, -0.25) is 9.59 Å². The maximum atomic E-state index is 12.6. The average molecular weight is 330 g/mol. The normalized spacial score (nSPS) is 16.4. The van der Waals surface area contributed by atoms with Crippen molar-refractivity contribution in [1.82, 2.24) is 0 Å². The van der Waals surface area contributed by atoms with Gasteiger partial charge in [0.05, 0.1) is 22.9 Å². The summed E-state index contributed by atoms with van der Waals surface area (Å²) in [6, 6.07) is 18.5. The van der Waals surface area contributed by atoms with E-state index in [0.29, 0.717) is 22.9 Å². The molecule has 22 heavy (non-hydrogen) atoms. The van der Waals surface area contributed by atoms with Gasteiger partial charge in [0, 0.05) is 0 Å². The number of anilines is 2. The van der Waals surface area contributed by atoms with Crippen molar-refractivity contribution in [2.24, 2.45) is 0 Å². The Morgan fingerprint density at radius 3 is 1.36 bits per heavy atom. The molecule has 2 amide bonds. The summed E-state index contributed by atoms with van der Waals surface area (Å²) in [6.07, 6.45) is 0. The number of nitrogens with zero attached hydrogens (tertiary/aromatic N) is 2. The summed E-state index contributed by atoms with van der Waals surface area (Å²) in [6.45, 7) is 0. The highest BCUT2D eigenvalue weighted by molar-refractivity contribution is 8.77. The molecule has 112 valence electrons. The minimum absolute atomic E-state index is 0.111. The van der Waals surface area contributed by atoms with Crippen LogP contribution in [0.1, 0.15) is 0 Å². The minimum atomic E-state index is -0.111. The molecule has 1 fully saturated rings. The van der Waals surface area contributed by atoms with Crippen molar-refractivity contribution in [2.45, 2.75) is 0 Å². The second-order valence-electron chi connectivity index (χ2n) is 4.61. The first kappa shape index (κ1) is 15.0. The van der Waals surface area contributed by atoms with Crippen LogP contribution in [-0.4, -0.2) is 23.3 Å². The standard InChI is InChI=1S/C16H14N2O2S2/c19-15-11-21-22-12-16(20)18(14-9-5-2-6-10-14)17(15)13-7-3-1-4-8-13/h1-10H,11-12H2. The molecule has 0 N–H and O–H groups in total. The smallest absolute Gasteiger partial charge is 0.257 e. The largest absolute Gasteiger partial charge is 0.272 e. The van der Waals surface area contributed by atoms with Gasteiger partial charge >= 0.3 is 0 Å². The average Bonchev–Trinajstić information content (AvgIpc) is 2.56. The predicted molar refractivity (Wildman–Crippen MR) is 92.8 cm³/mol. The number of hydrogen-bond donors (Lipinski definition) is 0. The lowest BCUT2D eigenvalue weighted by molar-refractivity contribution is -0.121. The topological polar surface area (TPSA) is 40.6 Å². The van der Waals surface area contributed by atoms with E-state index < -0.39 is 0 Å². The third kappa shape index (κ3) is 3.13. The lowest BCUT2D eigenvalue weighted by atomic mass is 10.3. The molecule has 0 unspecified atom stereocenters. The Bertz CT molecular complexity index is 605. The first-order valence-corrected chi connectivity index (χ1v) is 9.26. The molecule has 1 heterocycles. The molecule has 0 atom stereocenters. The van der Waals surface area contributed by atoms with E-state index in [4.69, 9.17) is 0 Å². The van der Waals surface area contributed by atoms with Crippen LogP contribution in [0.4, 0.5) is 11.4 Å². The SMILES string of the molecule is O=C1CSSCC(=O)N(c2ccccc2)N1c1ccccc1. The van der Waals surface area contributed by atoms with Crippen molar-refractivity contribution in [3.63, 3.8) is 0 Å². The van der Waals surface area contributed by atoms with E-state index in [1.165, 1.54) is 31.6 Å². The molecule has 2 aromatic carbocycles. The fourth-order valence-electron chi connectivity index (χ4n) is 2.19. The zero-order valence-corrected chi connectivity index (χ0v) is 13.3. The summed E-state index contributed by atoms with van der Waals surface area (Å²) in [5, 5.41) is 2.95. The van der Waals surface area contributed by atoms with E-state index in [0.717, 1.165) is 0 Å². The monoisotopic (exact) mass is 330 g/mol. The Balaban J connectivity index is 2.09. The highest BCUT2D eigenvalue weighted by Crippen LogP contribution is 2.30. The number of hydrogen-bond acceptors (Lipinski definition) is 4. The van der Waals surface area contributed by atoms with Crippen LogP contribution in [0.5, 0.6) is 0 Å². The molecule has 0 aliphatic carbocycles. The Hall–Kier alpha value is -1.92. The number of carbonyl (C=O) groups excluding carboxylic acids is 2. The van der Waals surface area contributed by atoms with E-state index in [2.05, 4.69) is 0 Å². The molecular weight excluding hydrogens is 316 g/mol. The molecule has 0 spiro atoms. The summed E-state index contributed by atoms with van der Waals surface area (Å²) in [7, 11) is 2.83. The van der Waals surface area contributed by atoms with Crippen molar-refractivity contribution in [3.8, 4) is 0 Å². The molecule has 0 saturated carbocycles. The number of para-hydroxylation sites is 2. The summed E-state index contributed by atoms with van der Waals surface area (Å²) in [5.74, 6) is 0.438. The number of benzene rings is 2. The van der Waals surface area contributed by atoms with Gasteiger partial charge in [-0.1, -0.05) is 58.0 Å².